The smallest absolute Gasteiger partial charge is 0.161 e. The van der Waals surface area contributed by atoms with Gasteiger partial charge in [-0.05, 0) is 43.7 Å². The molecule has 0 aliphatic carbocycles. The van der Waals surface area contributed by atoms with Crippen molar-refractivity contribution in [3.8, 4) is 11.5 Å². The fraction of sp³-hybridized carbons (Fsp3) is 0.250. The number of aromatic nitrogens is 1. The van der Waals surface area contributed by atoms with Crippen molar-refractivity contribution >= 4 is 5.78 Å². The number of hydrogen-bond donors (Lipinski definition) is 0. The maximum Gasteiger partial charge on any atom is 0.161 e. The number of hydrogen-bond acceptors (Lipinski definition) is 4. The van der Waals surface area contributed by atoms with Gasteiger partial charge in [-0.25, -0.2) is 0 Å². The molecule has 1 aromatic heterocycles. The highest BCUT2D eigenvalue weighted by Gasteiger charge is 2.09. The third-order valence-corrected chi connectivity index (χ3v) is 3.05. The third kappa shape index (κ3) is 3.15. The molecule has 1 aromatic carbocycles. The van der Waals surface area contributed by atoms with Crippen LogP contribution in [0.15, 0.2) is 36.5 Å². The molecule has 104 valence electrons. The third-order valence-electron chi connectivity index (χ3n) is 3.05. The lowest BCUT2D eigenvalue weighted by Crippen LogP contribution is -2.02. The summed E-state index contributed by atoms with van der Waals surface area (Å²) in [5.41, 5.74) is 2.56. The van der Waals surface area contributed by atoms with Crippen molar-refractivity contribution < 1.29 is 14.3 Å². The van der Waals surface area contributed by atoms with Crippen LogP contribution < -0.4 is 9.47 Å². The van der Waals surface area contributed by atoms with Crippen LogP contribution in [0.3, 0.4) is 0 Å². The van der Waals surface area contributed by atoms with Gasteiger partial charge in [0.15, 0.2) is 17.3 Å². The van der Waals surface area contributed by atoms with Crippen LogP contribution in [0.4, 0.5) is 0 Å². The van der Waals surface area contributed by atoms with E-state index in [2.05, 4.69) is 4.98 Å². The van der Waals surface area contributed by atoms with E-state index in [-0.39, 0.29) is 5.78 Å². The number of ketones is 1. The average molecular weight is 271 g/mol. The Morgan fingerprint density at radius 1 is 1.25 bits per heavy atom. The Labute approximate surface area is 118 Å². The second-order valence-electron chi connectivity index (χ2n) is 4.48. The number of pyridine rings is 1. The number of Topliss-reactive ketones (excluding diaryl/α,β-unsaturated/α-hetero) is 1. The summed E-state index contributed by atoms with van der Waals surface area (Å²) < 4.78 is 11.0. The van der Waals surface area contributed by atoms with Crippen molar-refractivity contribution in [2.75, 3.05) is 7.11 Å². The molecule has 0 atom stereocenters. The summed E-state index contributed by atoms with van der Waals surface area (Å²) in [6, 6.07) is 9.03. The quantitative estimate of drug-likeness (QED) is 0.784. The molecule has 0 aliphatic rings. The second kappa shape index (κ2) is 6.19. The summed E-state index contributed by atoms with van der Waals surface area (Å²) in [6.45, 7) is 3.87. The molecule has 0 saturated heterocycles. The summed E-state index contributed by atoms with van der Waals surface area (Å²) in [7, 11) is 1.55. The van der Waals surface area contributed by atoms with Gasteiger partial charge in [-0.15, -0.1) is 0 Å². The van der Waals surface area contributed by atoms with E-state index in [0.29, 0.717) is 23.7 Å². The van der Waals surface area contributed by atoms with E-state index in [9.17, 15) is 4.79 Å². The van der Waals surface area contributed by atoms with E-state index in [4.69, 9.17) is 9.47 Å². The number of carbonyl (C=O) groups excluding carboxylic acids is 1. The summed E-state index contributed by atoms with van der Waals surface area (Å²) in [5, 5.41) is 0. The summed E-state index contributed by atoms with van der Waals surface area (Å²) in [4.78, 5) is 15.6. The van der Waals surface area contributed by atoms with Gasteiger partial charge < -0.3 is 9.47 Å². The molecule has 1 heterocycles. The van der Waals surface area contributed by atoms with Gasteiger partial charge in [0.2, 0.25) is 0 Å². The van der Waals surface area contributed by atoms with Crippen molar-refractivity contribution in [2.45, 2.75) is 20.5 Å². The first-order valence-corrected chi connectivity index (χ1v) is 6.34. The van der Waals surface area contributed by atoms with Gasteiger partial charge >= 0.3 is 0 Å². The Hall–Kier alpha value is -2.36. The fourth-order valence-corrected chi connectivity index (χ4v) is 1.82. The van der Waals surface area contributed by atoms with E-state index in [1.165, 1.54) is 6.92 Å². The molecule has 0 amide bonds. The Morgan fingerprint density at radius 2 is 2.05 bits per heavy atom. The first-order valence-electron chi connectivity index (χ1n) is 6.34. The van der Waals surface area contributed by atoms with Crippen LogP contribution in [0.25, 0.3) is 0 Å². The van der Waals surface area contributed by atoms with Crippen LogP contribution in [0, 0.1) is 6.92 Å². The minimum atomic E-state index is -0.00424. The molecule has 0 fully saturated rings. The highest BCUT2D eigenvalue weighted by molar-refractivity contribution is 5.94. The lowest BCUT2D eigenvalue weighted by atomic mass is 10.1. The van der Waals surface area contributed by atoms with Crippen molar-refractivity contribution in [2.24, 2.45) is 0 Å². The lowest BCUT2D eigenvalue weighted by Gasteiger charge is -2.12. The summed E-state index contributed by atoms with van der Waals surface area (Å²) >= 11 is 0. The van der Waals surface area contributed by atoms with E-state index in [1.807, 2.05) is 19.1 Å². The Morgan fingerprint density at radius 3 is 2.70 bits per heavy atom. The molecule has 4 nitrogen and oxygen atoms in total. The zero-order valence-electron chi connectivity index (χ0n) is 11.8. The minimum absolute atomic E-state index is 0.00424. The summed E-state index contributed by atoms with van der Waals surface area (Å²) in [6.07, 6.45) is 1.74. The molecule has 0 aliphatic heterocycles. The number of carbonyl (C=O) groups is 1. The SMILES string of the molecule is COc1cc(C(C)=O)ccc1OCc1ncccc1C. The van der Waals surface area contributed by atoms with Crippen molar-refractivity contribution in [1.82, 2.24) is 4.98 Å². The Balaban J connectivity index is 2.17. The van der Waals surface area contributed by atoms with Gasteiger partial charge in [-0.3, -0.25) is 9.78 Å². The highest BCUT2D eigenvalue weighted by atomic mass is 16.5. The lowest BCUT2D eigenvalue weighted by molar-refractivity contribution is 0.101. The molecule has 0 N–H and O–H groups in total. The zero-order valence-corrected chi connectivity index (χ0v) is 11.8. The van der Waals surface area contributed by atoms with E-state index in [0.717, 1.165) is 11.3 Å². The molecule has 0 spiro atoms. The van der Waals surface area contributed by atoms with E-state index < -0.39 is 0 Å². The molecular formula is C16H17NO3. The second-order valence-corrected chi connectivity index (χ2v) is 4.48. The molecule has 20 heavy (non-hydrogen) atoms. The first kappa shape index (κ1) is 14.1. The van der Waals surface area contributed by atoms with Crippen LogP contribution >= 0.6 is 0 Å². The number of nitrogens with zero attached hydrogens (tertiary/aromatic N) is 1. The molecule has 4 heteroatoms. The average Bonchev–Trinajstić information content (AvgIpc) is 2.46. The molecule has 2 rings (SSSR count). The van der Waals surface area contributed by atoms with Gasteiger partial charge in [0, 0.05) is 11.8 Å². The Bertz CT molecular complexity index is 623. The van der Waals surface area contributed by atoms with E-state index >= 15 is 0 Å². The number of ether oxygens (including phenoxy) is 2. The molecular weight excluding hydrogens is 254 g/mol. The van der Waals surface area contributed by atoms with Crippen LogP contribution in [-0.2, 0) is 6.61 Å². The van der Waals surface area contributed by atoms with Crippen molar-refractivity contribution in [1.29, 1.82) is 0 Å². The Kier molecular flexibility index (Phi) is 4.35. The number of methoxy groups -OCH3 is 1. The zero-order chi connectivity index (χ0) is 14.5. The van der Waals surface area contributed by atoms with Crippen LogP contribution in [0.1, 0.15) is 28.5 Å². The summed E-state index contributed by atoms with van der Waals surface area (Å²) in [5.74, 6) is 1.14. The topological polar surface area (TPSA) is 48.4 Å². The monoisotopic (exact) mass is 271 g/mol. The highest BCUT2D eigenvalue weighted by Crippen LogP contribution is 2.29. The van der Waals surface area contributed by atoms with Crippen LogP contribution in [-0.4, -0.2) is 17.9 Å². The van der Waals surface area contributed by atoms with Gasteiger partial charge in [0.25, 0.3) is 0 Å². The molecule has 0 bridgehead atoms. The molecule has 2 aromatic rings. The normalized spacial score (nSPS) is 10.2. The van der Waals surface area contributed by atoms with Gasteiger partial charge in [-0.2, -0.15) is 0 Å². The fourth-order valence-electron chi connectivity index (χ4n) is 1.82. The molecule has 0 saturated carbocycles. The largest absolute Gasteiger partial charge is 0.493 e. The van der Waals surface area contributed by atoms with Crippen molar-refractivity contribution in [3.63, 3.8) is 0 Å². The molecule has 0 unspecified atom stereocenters. The number of benzene rings is 1. The minimum Gasteiger partial charge on any atom is -0.493 e. The van der Waals surface area contributed by atoms with Crippen molar-refractivity contribution in [3.05, 3.63) is 53.3 Å². The van der Waals surface area contributed by atoms with Gasteiger partial charge in [0.1, 0.15) is 6.61 Å². The van der Waals surface area contributed by atoms with E-state index in [1.54, 1.807) is 31.5 Å². The van der Waals surface area contributed by atoms with Crippen LogP contribution in [0.5, 0.6) is 11.5 Å². The van der Waals surface area contributed by atoms with Crippen LogP contribution in [0.2, 0.25) is 0 Å². The first-order chi connectivity index (χ1) is 9.61. The predicted octanol–water partition coefficient (Wildman–Crippen LogP) is 3.18. The predicted molar refractivity (Wildman–Crippen MR) is 76.3 cm³/mol. The van der Waals surface area contributed by atoms with Gasteiger partial charge in [0.05, 0.1) is 12.8 Å². The molecule has 0 radical (unpaired) electrons. The number of aryl methyl sites for hydroxylation is 1. The number of rotatable bonds is 5. The standard InChI is InChI=1S/C16H17NO3/c1-11-5-4-8-17-14(11)10-20-15-7-6-13(12(2)18)9-16(15)19-3/h4-9H,10H2,1-3H3. The van der Waals surface area contributed by atoms with Gasteiger partial charge in [-0.1, -0.05) is 6.07 Å². The maximum absolute atomic E-state index is 11.3. The maximum atomic E-state index is 11.3.